The number of rotatable bonds is 4. The monoisotopic (exact) mass is 485 g/mol. The van der Waals surface area contributed by atoms with E-state index in [0.717, 1.165) is 21.7 Å². The number of fused-ring (bicyclic) bond motifs is 1. The lowest BCUT2D eigenvalue weighted by Gasteiger charge is -2.41. The maximum atomic E-state index is 13.0. The first kappa shape index (κ1) is 23.2. The summed E-state index contributed by atoms with van der Waals surface area (Å²) in [5.41, 5.74) is 4.59. The maximum absolute atomic E-state index is 13.0. The standard InChI is InChI=1S/C25H25Cl2N3O3/c1-14-12-25(2,3)29(4)21-11-22(33-5)16(8-18(14)21)9-20-23(31)30(24(32)28-20)13-15-6-7-17(26)10-19(15)27/h6-12H,13H2,1-5H3,(H,28,32)/b20-9+. The highest BCUT2D eigenvalue weighted by molar-refractivity contribution is 6.35. The van der Waals surface area contributed by atoms with E-state index in [-0.39, 0.29) is 17.8 Å². The van der Waals surface area contributed by atoms with Gasteiger partial charge in [-0.1, -0.05) is 35.3 Å². The Morgan fingerprint density at radius 1 is 1.15 bits per heavy atom. The van der Waals surface area contributed by atoms with Gasteiger partial charge in [0.25, 0.3) is 5.91 Å². The lowest BCUT2D eigenvalue weighted by Crippen LogP contribution is -2.42. The number of halogens is 2. The molecule has 1 N–H and O–H groups in total. The lowest BCUT2D eigenvalue weighted by atomic mass is 9.88. The summed E-state index contributed by atoms with van der Waals surface area (Å²) >= 11 is 12.2. The fraction of sp³-hybridized carbons (Fsp3) is 0.280. The molecule has 6 nitrogen and oxygen atoms in total. The third kappa shape index (κ3) is 4.21. The zero-order valence-electron chi connectivity index (χ0n) is 19.1. The van der Waals surface area contributed by atoms with Crippen molar-refractivity contribution < 1.29 is 14.3 Å². The number of carbonyl (C=O) groups is 2. The molecule has 2 aromatic carbocycles. The molecule has 0 radical (unpaired) electrons. The van der Waals surface area contributed by atoms with Crippen molar-refractivity contribution >= 4 is 52.5 Å². The van der Waals surface area contributed by atoms with Crippen molar-refractivity contribution in [1.82, 2.24) is 10.2 Å². The second kappa shape index (κ2) is 8.43. The van der Waals surface area contributed by atoms with E-state index in [2.05, 4.69) is 37.1 Å². The molecule has 1 saturated heterocycles. The first-order valence-corrected chi connectivity index (χ1v) is 11.2. The van der Waals surface area contributed by atoms with Crippen LogP contribution < -0.4 is 15.0 Å². The second-order valence-corrected chi connectivity index (χ2v) is 9.61. The largest absolute Gasteiger partial charge is 0.496 e. The average molecular weight is 486 g/mol. The number of benzene rings is 2. The third-order valence-electron chi connectivity index (χ3n) is 6.17. The zero-order chi connectivity index (χ0) is 24.1. The first-order valence-electron chi connectivity index (χ1n) is 10.5. The number of nitrogens with zero attached hydrogens (tertiary/aromatic N) is 2. The van der Waals surface area contributed by atoms with E-state index in [1.54, 1.807) is 31.4 Å². The van der Waals surface area contributed by atoms with Crippen molar-refractivity contribution in [3.63, 3.8) is 0 Å². The number of methoxy groups -OCH3 is 1. The van der Waals surface area contributed by atoms with Gasteiger partial charge in [0, 0.05) is 40.0 Å². The molecule has 2 heterocycles. The molecule has 2 aliphatic heterocycles. The van der Waals surface area contributed by atoms with Crippen LogP contribution in [0, 0.1) is 0 Å². The van der Waals surface area contributed by atoms with Crippen LogP contribution in [0.1, 0.15) is 37.5 Å². The molecule has 0 atom stereocenters. The number of nitrogens with one attached hydrogen (secondary N) is 1. The number of hydrogen-bond donors (Lipinski definition) is 1. The van der Waals surface area contributed by atoms with Crippen molar-refractivity contribution in [2.24, 2.45) is 0 Å². The third-order valence-corrected chi connectivity index (χ3v) is 6.76. The molecule has 1 fully saturated rings. The van der Waals surface area contributed by atoms with Gasteiger partial charge in [0.1, 0.15) is 11.4 Å². The van der Waals surface area contributed by atoms with Gasteiger partial charge in [0.15, 0.2) is 0 Å². The van der Waals surface area contributed by atoms with Gasteiger partial charge in [-0.25, -0.2) is 4.79 Å². The molecular formula is C25H25Cl2N3O3. The quantitative estimate of drug-likeness (QED) is 0.443. The fourth-order valence-electron chi connectivity index (χ4n) is 4.17. The molecule has 0 aliphatic carbocycles. The van der Waals surface area contributed by atoms with Crippen LogP contribution in [0.2, 0.25) is 10.0 Å². The van der Waals surface area contributed by atoms with Crippen molar-refractivity contribution in [3.05, 3.63) is 68.8 Å². The molecule has 8 heteroatoms. The molecule has 0 unspecified atom stereocenters. The van der Waals surface area contributed by atoms with E-state index in [1.165, 1.54) is 0 Å². The number of ether oxygens (including phenoxy) is 1. The van der Waals surface area contributed by atoms with Gasteiger partial charge >= 0.3 is 6.03 Å². The Balaban J connectivity index is 1.69. The zero-order valence-corrected chi connectivity index (χ0v) is 20.6. The van der Waals surface area contributed by atoms with Gasteiger partial charge in [-0.05, 0) is 56.2 Å². The van der Waals surface area contributed by atoms with Crippen LogP contribution in [0.4, 0.5) is 10.5 Å². The molecule has 0 bridgehead atoms. The van der Waals surface area contributed by atoms with Crippen LogP contribution in [-0.2, 0) is 11.3 Å². The molecule has 2 aliphatic rings. The number of imide groups is 1. The number of amides is 3. The Morgan fingerprint density at radius 2 is 1.88 bits per heavy atom. The summed E-state index contributed by atoms with van der Waals surface area (Å²) in [6.45, 7) is 6.41. The molecule has 0 saturated carbocycles. The van der Waals surface area contributed by atoms with Gasteiger partial charge in [-0.15, -0.1) is 0 Å². The molecule has 172 valence electrons. The van der Waals surface area contributed by atoms with Crippen LogP contribution >= 0.6 is 23.2 Å². The van der Waals surface area contributed by atoms with E-state index in [4.69, 9.17) is 27.9 Å². The number of urea groups is 1. The summed E-state index contributed by atoms with van der Waals surface area (Å²) in [6, 6.07) is 8.39. The number of carbonyl (C=O) groups excluding carboxylic acids is 2. The van der Waals surface area contributed by atoms with Gasteiger partial charge in [0.05, 0.1) is 19.2 Å². The topological polar surface area (TPSA) is 61.9 Å². The normalized spacial score (nSPS) is 18.4. The molecule has 33 heavy (non-hydrogen) atoms. The number of allylic oxidation sites excluding steroid dienone is 1. The predicted molar refractivity (Wildman–Crippen MR) is 133 cm³/mol. The molecule has 3 amide bonds. The van der Waals surface area contributed by atoms with Gasteiger partial charge in [0.2, 0.25) is 0 Å². The molecule has 0 aromatic heterocycles. The lowest BCUT2D eigenvalue weighted by molar-refractivity contribution is -0.123. The summed E-state index contributed by atoms with van der Waals surface area (Å²) < 4.78 is 5.63. The van der Waals surface area contributed by atoms with Crippen molar-refractivity contribution in [1.29, 1.82) is 0 Å². The minimum absolute atomic E-state index is 0.0427. The van der Waals surface area contributed by atoms with Crippen molar-refractivity contribution in [3.8, 4) is 5.75 Å². The Labute approximate surface area is 203 Å². The molecule has 0 spiro atoms. The second-order valence-electron chi connectivity index (χ2n) is 8.77. The van der Waals surface area contributed by atoms with E-state index < -0.39 is 11.9 Å². The van der Waals surface area contributed by atoms with Gasteiger partial charge < -0.3 is 15.0 Å². The first-order chi connectivity index (χ1) is 15.5. The molecule has 4 rings (SSSR count). The Morgan fingerprint density at radius 3 is 2.55 bits per heavy atom. The van der Waals surface area contributed by atoms with Crippen LogP contribution in [0.15, 0.2) is 42.1 Å². The van der Waals surface area contributed by atoms with Gasteiger partial charge in [-0.3, -0.25) is 9.69 Å². The van der Waals surface area contributed by atoms with E-state index in [9.17, 15) is 9.59 Å². The maximum Gasteiger partial charge on any atom is 0.329 e. The molecule has 2 aromatic rings. The highest BCUT2D eigenvalue weighted by atomic mass is 35.5. The summed E-state index contributed by atoms with van der Waals surface area (Å²) in [4.78, 5) is 28.9. The van der Waals surface area contributed by atoms with E-state index >= 15 is 0 Å². The van der Waals surface area contributed by atoms with Crippen molar-refractivity contribution in [2.75, 3.05) is 19.1 Å². The highest BCUT2D eigenvalue weighted by Crippen LogP contribution is 2.41. The number of anilines is 1. The van der Waals surface area contributed by atoms with Crippen LogP contribution in [0.3, 0.4) is 0 Å². The predicted octanol–water partition coefficient (Wildman–Crippen LogP) is 5.73. The smallest absolute Gasteiger partial charge is 0.329 e. The van der Waals surface area contributed by atoms with Crippen LogP contribution in [0.5, 0.6) is 5.75 Å². The van der Waals surface area contributed by atoms with Crippen molar-refractivity contribution in [2.45, 2.75) is 32.9 Å². The summed E-state index contributed by atoms with van der Waals surface area (Å²) in [5.74, 6) is 0.177. The number of hydrogen-bond acceptors (Lipinski definition) is 4. The Kier molecular flexibility index (Phi) is 5.93. The summed E-state index contributed by atoms with van der Waals surface area (Å²) in [7, 11) is 3.63. The fourth-order valence-corrected chi connectivity index (χ4v) is 4.64. The molecular weight excluding hydrogens is 461 g/mol. The van der Waals surface area contributed by atoms with E-state index in [0.29, 0.717) is 26.9 Å². The number of likely N-dealkylation sites (N-methyl/N-ethyl adjacent to an activating group) is 1. The summed E-state index contributed by atoms with van der Waals surface area (Å²) in [5, 5.41) is 3.55. The minimum atomic E-state index is -0.508. The Bertz CT molecular complexity index is 1230. The highest BCUT2D eigenvalue weighted by Gasteiger charge is 2.35. The minimum Gasteiger partial charge on any atom is -0.496 e. The van der Waals surface area contributed by atoms with Crippen LogP contribution in [-0.4, -0.2) is 36.5 Å². The van der Waals surface area contributed by atoms with Crippen LogP contribution in [0.25, 0.3) is 11.6 Å². The average Bonchev–Trinajstić information content (AvgIpc) is 3.00. The Hall–Kier alpha value is -2.96. The van der Waals surface area contributed by atoms with Gasteiger partial charge in [-0.2, -0.15) is 0 Å². The SMILES string of the molecule is COc1cc2c(cc1/C=C1/NC(=O)N(Cc3ccc(Cl)cc3Cl)C1=O)C(C)=CC(C)(C)N2C. The summed E-state index contributed by atoms with van der Waals surface area (Å²) in [6.07, 6.45) is 3.86. The van der Waals surface area contributed by atoms with E-state index in [1.807, 2.05) is 19.2 Å².